The first-order valence-corrected chi connectivity index (χ1v) is 7.41. The molecule has 1 unspecified atom stereocenters. The highest BCUT2D eigenvalue weighted by molar-refractivity contribution is 9.10. The van der Waals surface area contributed by atoms with Crippen LogP contribution in [0.4, 0.5) is 0 Å². The fraction of sp³-hybridized carbons (Fsp3) is 0.286. The van der Waals surface area contributed by atoms with E-state index in [0.717, 1.165) is 26.4 Å². The Morgan fingerprint density at radius 3 is 2.21 bits per heavy atom. The Kier molecular flexibility index (Phi) is 4.50. The standard InChI is InChI=1S/C14H16BrNO2S/c1-8-9(15)7-12(19-8)14(16)13-10(17-2)5-4-6-11(13)18-3/h4-7,14H,16H2,1-3H3. The highest BCUT2D eigenvalue weighted by atomic mass is 79.9. The van der Waals surface area contributed by atoms with Gasteiger partial charge in [0, 0.05) is 14.2 Å². The van der Waals surface area contributed by atoms with Crippen LogP contribution in [0.25, 0.3) is 0 Å². The molecule has 102 valence electrons. The summed E-state index contributed by atoms with van der Waals surface area (Å²) in [5, 5.41) is 0. The van der Waals surface area contributed by atoms with Crippen LogP contribution in [0.15, 0.2) is 28.7 Å². The van der Waals surface area contributed by atoms with Gasteiger partial charge in [0.15, 0.2) is 0 Å². The third-order valence-corrected chi connectivity index (χ3v) is 5.18. The van der Waals surface area contributed by atoms with Gasteiger partial charge in [-0.1, -0.05) is 6.07 Å². The monoisotopic (exact) mass is 341 g/mol. The molecule has 0 aliphatic carbocycles. The molecule has 0 spiro atoms. The molecule has 0 bridgehead atoms. The Bertz CT molecular complexity index is 541. The quantitative estimate of drug-likeness (QED) is 0.917. The third kappa shape index (κ3) is 2.78. The van der Waals surface area contributed by atoms with E-state index in [1.54, 1.807) is 25.6 Å². The van der Waals surface area contributed by atoms with Crippen molar-refractivity contribution in [2.75, 3.05) is 14.2 Å². The van der Waals surface area contributed by atoms with Crippen LogP contribution in [-0.4, -0.2) is 14.2 Å². The van der Waals surface area contributed by atoms with E-state index in [1.165, 1.54) is 4.88 Å². The molecule has 2 rings (SSSR count). The lowest BCUT2D eigenvalue weighted by Gasteiger charge is -2.17. The smallest absolute Gasteiger partial charge is 0.127 e. The maximum atomic E-state index is 6.38. The van der Waals surface area contributed by atoms with E-state index in [-0.39, 0.29) is 6.04 Å². The molecule has 1 atom stereocenters. The van der Waals surface area contributed by atoms with Gasteiger partial charge < -0.3 is 15.2 Å². The minimum absolute atomic E-state index is 0.263. The summed E-state index contributed by atoms with van der Waals surface area (Å²) in [6.45, 7) is 2.06. The molecule has 2 aromatic rings. The number of methoxy groups -OCH3 is 2. The van der Waals surface area contributed by atoms with E-state index >= 15 is 0 Å². The Morgan fingerprint density at radius 1 is 1.21 bits per heavy atom. The molecule has 3 nitrogen and oxygen atoms in total. The minimum atomic E-state index is -0.263. The second-order valence-electron chi connectivity index (χ2n) is 4.11. The van der Waals surface area contributed by atoms with Crippen molar-refractivity contribution in [3.8, 4) is 11.5 Å². The van der Waals surface area contributed by atoms with Gasteiger partial charge in [0.05, 0.1) is 25.8 Å². The van der Waals surface area contributed by atoms with E-state index < -0.39 is 0 Å². The van der Waals surface area contributed by atoms with Crippen molar-refractivity contribution >= 4 is 27.3 Å². The number of nitrogens with two attached hydrogens (primary N) is 1. The third-order valence-electron chi connectivity index (χ3n) is 2.96. The zero-order chi connectivity index (χ0) is 14.0. The number of rotatable bonds is 4. The number of hydrogen-bond acceptors (Lipinski definition) is 4. The van der Waals surface area contributed by atoms with Crippen molar-refractivity contribution in [2.24, 2.45) is 5.73 Å². The van der Waals surface area contributed by atoms with Gasteiger partial charge in [-0.3, -0.25) is 0 Å². The van der Waals surface area contributed by atoms with Crippen LogP contribution in [0.5, 0.6) is 11.5 Å². The Hall–Kier alpha value is -1.04. The maximum Gasteiger partial charge on any atom is 0.127 e. The largest absolute Gasteiger partial charge is 0.496 e. The van der Waals surface area contributed by atoms with Gasteiger partial charge >= 0.3 is 0 Å². The molecule has 0 aliphatic heterocycles. The average Bonchev–Trinajstić information content (AvgIpc) is 2.76. The lowest BCUT2D eigenvalue weighted by atomic mass is 10.0. The van der Waals surface area contributed by atoms with Crippen molar-refractivity contribution in [3.63, 3.8) is 0 Å². The van der Waals surface area contributed by atoms with Crippen molar-refractivity contribution in [2.45, 2.75) is 13.0 Å². The SMILES string of the molecule is COc1cccc(OC)c1C(N)c1cc(Br)c(C)s1. The summed E-state index contributed by atoms with van der Waals surface area (Å²) < 4.78 is 11.9. The van der Waals surface area contributed by atoms with Crippen LogP contribution in [0.3, 0.4) is 0 Å². The van der Waals surface area contributed by atoms with Gasteiger partial charge in [0.25, 0.3) is 0 Å². The molecule has 0 saturated carbocycles. The molecule has 1 aromatic carbocycles. The van der Waals surface area contributed by atoms with Crippen LogP contribution in [0, 0.1) is 6.92 Å². The van der Waals surface area contributed by atoms with Crippen molar-refractivity contribution < 1.29 is 9.47 Å². The van der Waals surface area contributed by atoms with Gasteiger partial charge in [0.2, 0.25) is 0 Å². The summed E-state index contributed by atoms with van der Waals surface area (Å²) in [6, 6.07) is 7.47. The van der Waals surface area contributed by atoms with Crippen molar-refractivity contribution in [3.05, 3.63) is 44.1 Å². The Balaban J connectivity index is 2.50. The van der Waals surface area contributed by atoms with Crippen LogP contribution < -0.4 is 15.2 Å². The predicted molar refractivity (Wildman–Crippen MR) is 82.3 cm³/mol. The van der Waals surface area contributed by atoms with Crippen molar-refractivity contribution in [1.82, 2.24) is 0 Å². The summed E-state index contributed by atoms with van der Waals surface area (Å²) in [7, 11) is 3.28. The maximum absolute atomic E-state index is 6.38. The van der Waals surface area contributed by atoms with Crippen LogP contribution >= 0.6 is 27.3 Å². The van der Waals surface area contributed by atoms with Gasteiger partial charge in [-0.2, -0.15) is 0 Å². The molecule has 0 fully saturated rings. The second-order valence-corrected chi connectivity index (χ2v) is 6.25. The molecule has 0 amide bonds. The Morgan fingerprint density at radius 2 is 1.79 bits per heavy atom. The van der Waals surface area contributed by atoms with Gasteiger partial charge in [0.1, 0.15) is 11.5 Å². The summed E-state index contributed by atoms with van der Waals surface area (Å²) >= 11 is 5.19. The topological polar surface area (TPSA) is 44.5 Å². The number of thiophene rings is 1. The molecular formula is C14H16BrNO2S. The molecule has 0 radical (unpaired) electrons. The molecule has 19 heavy (non-hydrogen) atoms. The second kappa shape index (κ2) is 5.94. The number of ether oxygens (including phenoxy) is 2. The first-order valence-electron chi connectivity index (χ1n) is 5.80. The number of aryl methyl sites for hydroxylation is 1. The minimum Gasteiger partial charge on any atom is -0.496 e. The summed E-state index contributed by atoms with van der Waals surface area (Å²) in [5.41, 5.74) is 7.26. The normalized spacial score (nSPS) is 12.3. The summed E-state index contributed by atoms with van der Waals surface area (Å²) in [6.07, 6.45) is 0. The van der Waals surface area contributed by atoms with Crippen LogP contribution in [0.2, 0.25) is 0 Å². The van der Waals surface area contributed by atoms with Gasteiger partial charge in [-0.25, -0.2) is 0 Å². The fourth-order valence-electron chi connectivity index (χ4n) is 1.96. The first-order chi connectivity index (χ1) is 9.08. The van der Waals surface area contributed by atoms with E-state index in [9.17, 15) is 0 Å². The molecule has 2 N–H and O–H groups in total. The molecule has 5 heteroatoms. The lowest BCUT2D eigenvalue weighted by Crippen LogP contribution is -2.13. The zero-order valence-electron chi connectivity index (χ0n) is 11.1. The van der Waals surface area contributed by atoms with E-state index in [2.05, 4.69) is 28.9 Å². The number of hydrogen-bond donors (Lipinski definition) is 1. The molecule has 1 aromatic heterocycles. The van der Waals surface area contributed by atoms with Crippen molar-refractivity contribution in [1.29, 1.82) is 0 Å². The van der Waals surface area contributed by atoms with E-state index in [4.69, 9.17) is 15.2 Å². The highest BCUT2D eigenvalue weighted by Crippen LogP contribution is 2.39. The Labute approximate surface area is 125 Å². The highest BCUT2D eigenvalue weighted by Gasteiger charge is 2.21. The first kappa shape index (κ1) is 14.4. The molecule has 1 heterocycles. The zero-order valence-corrected chi connectivity index (χ0v) is 13.5. The fourth-order valence-corrected chi connectivity index (χ4v) is 3.54. The van der Waals surface area contributed by atoms with E-state index in [0.29, 0.717) is 0 Å². The average molecular weight is 342 g/mol. The van der Waals surface area contributed by atoms with Gasteiger partial charge in [-0.05, 0) is 41.1 Å². The van der Waals surface area contributed by atoms with Crippen LogP contribution in [-0.2, 0) is 0 Å². The molecule has 0 saturated heterocycles. The summed E-state index contributed by atoms with van der Waals surface area (Å²) in [5.74, 6) is 1.49. The summed E-state index contributed by atoms with van der Waals surface area (Å²) in [4.78, 5) is 2.28. The predicted octanol–water partition coefficient (Wildman–Crippen LogP) is 3.88. The molecular weight excluding hydrogens is 326 g/mol. The van der Waals surface area contributed by atoms with Gasteiger partial charge in [-0.15, -0.1) is 11.3 Å². The lowest BCUT2D eigenvalue weighted by molar-refractivity contribution is 0.382. The number of halogens is 1. The van der Waals surface area contributed by atoms with E-state index in [1.807, 2.05) is 18.2 Å². The van der Waals surface area contributed by atoms with Crippen LogP contribution in [0.1, 0.15) is 21.4 Å². The molecule has 0 aliphatic rings. The number of benzene rings is 1.